The molecule has 43 heavy (non-hydrogen) atoms. The Balaban J connectivity index is 1.39. The van der Waals surface area contributed by atoms with E-state index >= 15 is 0 Å². The molecule has 6 atom stereocenters. The van der Waals surface area contributed by atoms with Gasteiger partial charge in [0.05, 0.1) is 43.3 Å². The molecule has 0 aromatic heterocycles. The Hall–Kier alpha value is -2.73. The Morgan fingerprint density at radius 2 is 2.02 bits per heavy atom. The van der Waals surface area contributed by atoms with Crippen LogP contribution in [0.1, 0.15) is 51.0 Å². The molecule has 0 radical (unpaired) electrons. The van der Waals surface area contributed by atoms with Gasteiger partial charge in [-0.05, 0) is 43.4 Å². The first kappa shape index (κ1) is 33.2. The third-order valence-corrected chi connectivity index (χ3v) is 9.33. The van der Waals surface area contributed by atoms with Gasteiger partial charge in [0.1, 0.15) is 11.0 Å². The van der Waals surface area contributed by atoms with Crippen LogP contribution in [0.4, 0.5) is 15.3 Å². The van der Waals surface area contributed by atoms with Crippen LogP contribution in [0.2, 0.25) is 0 Å². The zero-order valence-corrected chi connectivity index (χ0v) is 25.2. The number of urea groups is 1. The largest absolute Gasteiger partial charge is 0.446 e. The Kier molecular flexibility index (Phi) is 11.8. The smallest absolute Gasteiger partial charge is 0.407 e. The number of aliphatic hydroxyl groups is 2. The van der Waals surface area contributed by atoms with E-state index in [0.29, 0.717) is 51.0 Å². The summed E-state index contributed by atoms with van der Waals surface area (Å²) in [4.78, 5) is 27.0. The van der Waals surface area contributed by atoms with Crippen LogP contribution in [-0.4, -0.2) is 105 Å². The van der Waals surface area contributed by atoms with Crippen molar-refractivity contribution < 1.29 is 42.4 Å². The normalized spacial score (nSPS) is 25.9. The zero-order chi connectivity index (χ0) is 31.0. The van der Waals surface area contributed by atoms with Gasteiger partial charge in [0.15, 0.2) is 0 Å². The predicted molar refractivity (Wildman–Crippen MR) is 155 cm³/mol. The molecule has 1 aromatic rings. The fourth-order valence-corrected chi connectivity index (χ4v) is 6.80. The Morgan fingerprint density at radius 1 is 1.23 bits per heavy atom. The highest BCUT2D eigenvalue weighted by Gasteiger charge is 2.35. The molecular weight excluding hydrogens is 584 g/mol. The average Bonchev–Trinajstić information content (AvgIpc) is 3.51. The zero-order valence-electron chi connectivity index (χ0n) is 24.4. The summed E-state index contributed by atoms with van der Waals surface area (Å²) >= 11 is 0. The molecule has 3 aliphatic heterocycles. The minimum atomic E-state index is -4.22. The monoisotopic (exact) mass is 628 g/mol. The van der Waals surface area contributed by atoms with Gasteiger partial charge in [-0.1, -0.05) is 13.0 Å². The van der Waals surface area contributed by atoms with Crippen LogP contribution in [0.15, 0.2) is 23.1 Å². The molecule has 0 spiro atoms. The number of nitrogens with zero attached hydrogens (tertiary/aromatic N) is 1. The highest BCUT2D eigenvalue weighted by Crippen LogP contribution is 2.26. The number of amides is 3. The van der Waals surface area contributed by atoms with Crippen LogP contribution in [0.5, 0.6) is 0 Å². The number of ether oxygens (including phenoxy) is 3. The van der Waals surface area contributed by atoms with Gasteiger partial charge in [-0.15, -0.1) is 4.83 Å². The van der Waals surface area contributed by atoms with E-state index in [2.05, 4.69) is 20.8 Å². The van der Waals surface area contributed by atoms with Gasteiger partial charge >= 0.3 is 12.1 Å². The number of nitrogens with two attached hydrogens (primary N) is 1. The Morgan fingerprint density at radius 3 is 2.70 bits per heavy atom. The maximum absolute atomic E-state index is 13.3. The van der Waals surface area contributed by atoms with Crippen molar-refractivity contribution in [1.82, 2.24) is 25.8 Å². The first-order valence-electron chi connectivity index (χ1n) is 14.8. The number of hydrogen-bond donors (Lipinski definition) is 7. The quantitative estimate of drug-likeness (QED) is 0.113. The van der Waals surface area contributed by atoms with Crippen molar-refractivity contribution in [2.24, 2.45) is 0 Å². The summed E-state index contributed by atoms with van der Waals surface area (Å²) in [5.41, 5.74) is 6.36. The van der Waals surface area contributed by atoms with Gasteiger partial charge in [-0.2, -0.15) is 0 Å². The summed E-state index contributed by atoms with van der Waals surface area (Å²) < 4.78 is 43.9. The molecule has 3 amide bonds. The van der Waals surface area contributed by atoms with Crippen LogP contribution in [0.3, 0.4) is 0 Å². The molecule has 3 fully saturated rings. The number of nitrogens with one attached hydrogen (secondary N) is 4. The lowest BCUT2D eigenvalue weighted by Crippen LogP contribution is -2.58. The molecule has 1 aromatic carbocycles. The van der Waals surface area contributed by atoms with Gasteiger partial charge in [0.2, 0.25) is 0 Å². The Labute approximate surface area is 251 Å². The van der Waals surface area contributed by atoms with E-state index in [1.54, 1.807) is 6.92 Å². The maximum atomic E-state index is 13.3. The SMILES string of the molecule is CC[C@H](NC(=O)O[C@H]1CCO[C@@H]([C@@H]2CCCO2)C1)[C@H](O)CN(CC1CCNC(=O)N1)NS(=O)(=O)c1ccc(CO)cc1N. The average molecular weight is 629 g/mol. The number of alkyl carbamates (subject to hydrolysis) is 1. The van der Waals surface area contributed by atoms with E-state index in [0.717, 1.165) is 12.8 Å². The molecule has 3 aliphatic rings. The van der Waals surface area contributed by atoms with Crippen molar-refractivity contribution in [2.45, 2.75) is 93.5 Å². The number of carbonyl (C=O) groups is 2. The number of aliphatic hydroxyl groups excluding tert-OH is 2. The van der Waals surface area contributed by atoms with E-state index in [1.807, 2.05) is 0 Å². The van der Waals surface area contributed by atoms with Crippen LogP contribution >= 0.6 is 0 Å². The fourth-order valence-electron chi connectivity index (χ4n) is 5.60. The lowest BCUT2D eigenvalue weighted by molar-refractivity contribution is -0.104. The van der Waals surface area contributed by atoms with Crippen molar-refractivity contribution in [3.05, 3.63) is 23.8 Å². The number of rotatable bonds is 13. The van der Waals surface area contributed by atoms with Gasteiger partial charge in [-0.3, -0.25) is 0 Å². The van der Waals surface area contributed by atoms with E-state index < -0.39 is 34.3 Å². The maximum Gasteiger partial charge on any atom is 0.407 e. The standard InChI is InChI=1S/C27H44N6O9S/c1-2-21(31-27(37)42-19-8-11-41-24(13-19)23-4-3-10-40-23)22(35)15-33(14-18-7-9-29-26(36)30-18)32-43(38,39)25-6-5-17(16-34)12-20(25)28/h5-6,12,18-19,21-24,32,34-35H,2-4,7-11,13-16,28H2,1H3,(H,31,37)(H2,29,30,36)/t18?,19-,21-,22+,23-,24+/m0/s1. The lowest BCUT2D eigenvalue weighted by Gasteiger charge is -2.34. The molecule has 3 saturated heterocycles. The summed E-state index contributed by atoms with van der Waals surface area (Å²) in [6.45, 7) is 2.85. The van der Waals surface area contributed by atoms with E-state index in [4.69, 9.17) is 19.9 Å². The van der Waals surface area contributed by atoms with Crippen molar-refractivity contribution >= 4 is 27.8 Å². The van der Waals surface area contributed by atoms with Gasteiger partial charge < -0.3 is 46.1 Å². The van der Waals surface area contributed by atoms with Crippen LogP contribution in [-0.2, 0) is 30.8 Å². The second kappa shape index (κ2) is 15.3. The molecule has 1 unspecified atom stereocenters. The third-order valence-electron chi connectivity index (χ3n) is 7.89. The number of benzene rings is 1. The van der Waals surface area contributed by atoms with E-state index in [9.17, 15) is 28.2 Å². The van der Waals surface area contributed by atoms with Crippen LogP contribution in [0, 0.1) is 0 Å². The number of carbonyl (C=O) groups excluding carboxylic acids is 2. The van der Waals surface area contributed by atoms with Gasteiger partial charge in [0.25, 0.3) is 10.0 Å². The van der Waals surface area contributed by atoms with Gasteiger partial charge in [-0.25, -0.2) is 23.0 Å². The fraction of sp³-hybridized carbons (Fsp3) is 0.704. The molecule has 0 aliphatic carbocycles. The van der Waals surface area contributed by atoms with Crippen molar-refractivity contribution in [2.75, 3.05) is 38.6 Å². The van der Waals surface area contributed by atoms with E-state index in [1.165, 1.54) is 23.2 Å². The summed E-state index contributed by atoms with van der Waals surface area (Å²) in [7, 11) is -4.22. The van der Waals surface area contributed by atoms with Gasteiger partial charge in [0, 0.05) is 45.1 Å². The Bertz CT molecular complexity index is 1200. The number of hydrogen-bond acceptors (Lipinski definition) is 11. The molecular formula is C27H44N6O9S. The number of nitrogen functional groups attached to an aromatic ring is 1. The second-order valence-electron chi connectivity index (χ2n) is 11.2. The highest BCUT2D eigenvalue weighted by molar-refractivity contribution is 7.89. The molecule has 3 heterocycles. The van der Waals surface area contributed by atoms with Crippen molar-refractivity contribution in [3.63, 3.8) is 0 Å². The summed E-state index contributed by atoms with van der Waals surface area (Å²) in [6.07, 6.45) is 1.45. The summed E-state index contributed by atoms with van der Waals surface area (Å²) in [6, 6.07) is 2.54. The highest BCUT2D eigenvalue weighted by atomic mass is 32.2. The van der Waals surface area contributed by atoms with Crippen LogP contribution < -0.4 is 26.5 Å². The molecule has 242 valence electrons. The first-order chi connectivity index (χ1) is 20.6. The van der Waals surface area contributed by atoms with Crippen molar-refractivity contribution in [3.8, 4) is 0 Å². The third kappa shape index (κ3) is 9.38. The lowest BCUT2D eigenvalue weighted by atomic mass is 10.00. The minimum absolute atomic E-state index is 0.00197. The number of hydrazine groups is 1. The minimum Gasteiger partial charge on any atom is -0.446 e. The molecule has 4 rings (SSSR count). The van der Waals surface area contributed by atoms with Crippen molar-refractivity contribution in [1.29, 1.82) is 0 Å². The summed E-state index contributed by atoms with van der Waals surface area (Å²) in [5, 5.41) is 29.9. The molecule has 15 nitrogen and oxygen atoms in total. The molecule has 16 heteroatoms. The second-order valence-corrected chi connectivity index (χ2v) is 12.8. The van der Waals surface area contributed by atoms with Crippen LogP contribution in [0.25, 0.3) is 0 Å². The molecule has 0 saturated carbocycles. The molecule has 0 bridgehead atoms. The topological polar surface area (TPSA) is 214 Å². The predicted octanol–water partition coefficient (Wildman–Crippen LogP) is -0.0798. The number of sulfonamides is 1. The first-order valence-corrected chi connectivity index (χ1v) is 16.3. The van der Waals surface area contributed by atoms with E-state index in [-0.39, 0.29) is 54.6 Å². The number of anilines is 1. The summed E-state index contributed by atoms with van der Waals surface area (Å²) in [5.74, 6) is 0. The molecule has 8 N–H and O–H groups in total.